The van der Waals surface area contributed by atoms with Crippen molar-refractivity contribution >= 4 is 23.3 Å². The number of carbonyl (C=O) groups excluding carboxylic acids is 1. The molecule has 4 rings (SSSR count). The molecule has 2 N–H and O–H groups in total. The number of nitrogens with one attached hydrogen (secondary N) is 2. The largest absolute Gasteiger partial charge is 0.417 e. The van der Waals surface area contributed by atoms with E-state index >= 15 is 0 Å². The molecular formula is C19H16ClF4N5O. The Bertz CT molecular complexity index is 1040. The molecule has 158 valence electrons. The molecule has 2 aromatic rings. The first-order chi connectivity index (χ1) is 14.2. The molecule has 1 atom stereocenters. The van der Waals surface area contributed by atoms with E-state index < -0.39 is 34.5 Å². The average Bonchev–Trinajstić information content (AvgIpc) is 3.12. The quantitative estimate of drug-likeness (QED) is 0.693. The highest BCUT2D eigenvalue weighted by Crippen LogP contribution is 2.37. The average molecular weight is 442 g/mol. The Morgan fingerprint density at radius 2 is 2.07 bits per heavy atom. The molecule has 2 aliphatic heterocycles. The summed E-state index contributed by atoms with van der Waals surface area (Å²) in [5, 5.41) is 0.957. The zero-order chi connectivity index (χ0) is 21.6. The summed E-state index contributed by atoms with van der Waals surface area (Å²) in [5.41, 5.74) is 5.97. The molecule has 11 heteroatoms. The van der Waals surface area contributed by atoms with Crippen molar-refractivity contribution in [1.29, 1.82) is 0 Å². The fourth-order valence-corrected chi connectivity index (χ4v) is 3.92. The number of benzene rings is 1. The van der Waals surface area contributed by atoms with Gasteiger partial charge >= 0.3 is 6.18 Å². The van der Waals surface area contributed by atoms with Crippen molar-refractivity contribution in [3.8, 4) is 0 Å². The van der Waals surface area contributed by atoms with Crippen LogP contribution in [0.2, 0.25) is 5.02 Å². The van der Waals surface area contributed by atoms with Crippen LogP contribution in [-0.2, 0) is 6.18 Å². The molecule has 6 nitrogen and oxygen atoms in total. The highest BCUT2D eigenvalue weighted by atomic mass is 35.5. The minimum Gasteiger partial charge on any atom is -0.330 e. The second kappa shape index (κ2) is 7.44. The first-order valence-electron chi connectivity index (χ1n) is 9.01. The summed E-state index contributed by atoms with van der Waals surface area (Å²) in [4.78, 5) is 18.6. The van der Waals surface area contributed by atoms with Gasteiger partial charge in [0.15, 0.2) is 5.82 Å². The van der Waals surface area contributed by atoms with Crippen LogP contribution in [0.25, 0.3) is 0 Å². The first-order valence-corrected chi connectivity index (χ1v) is 9.39. The van der Waals surface area contributed by atoms with Gasteiger partial charge in [0.1, 0.15) is 5.82 Å². The lowest BCUT2D eigenvalue weighted by Crippen LogP contribution is -2.46. The summed E-state index contributed by atoms with van der Waals surface area (Å²) < 4.78 is 53.0. The Kier molecular flexibility index (Phi) is 5.07. The van der Waals surface area contributed by atoms with Gasteiger partial charge in [-0.1, -0.05) is 17.7 Å². The number of alkyl halides is 3. The van der Waals surface area contributed by atoms with Crippen molar-refractivity contribution in [2.24, 2.45) is 0 Å². The van der Waals surface area contributed by atoms with E-state index in [0.717, 1.165) is 17.8 Å². The van der Waals surface area contributed by atoms with E-state index in [4.69, 9.17) is 11.6 Å². The number of carbonyl (C=O) groups is 1. The number of hydrazine groups is 2. The van der Waals surface area contributed by atoms with Crippen LogP contribution in [0.4, 0.5) is 23.4 Å². The lowest BCUT2D eigenvalue weighted by atomic mass is 10.0. The summed E-state index contributed by atoms with van der Waals surface area (Å²) in [5.74, 6) is -0.717. The number of nitrogens with zero attached hydrogens (tertiary/aromatic N) is 3. The minimum atomic E-state index is -4.66. The van der Waals surface area contributed by atoms with E-state index in [0.29, 0.717) is 17.9 Å². The second-order valence-corrected chi connectivity index (χ2v) is 7.23. The molecule has 0 bridgehead atoms. The van der Waals surface area contributed by atoms with E-state index in [-0.39, 0.29) is 12.1 Å². The molecule has 0 saturated heterocycles. The Hall–Kier alpha value is -2.85. The van der Waals surface area contributed by atoms with Gasteiger partial charge in [-0.25, -0.2) is 14.4 Å². The molecule has 1 amide bonds. The standard InChI is InChI=1S/C19H16ClF4N5O/c1-10-17-14(29(27-26-17)15-9-11(21)5-7-25-15)6-8-28(10)18(30)12-3-2-4-13(16(12)20)19(22,23)24/h2-5,7,9-10,26-27H,6,8H2,1H3. The minimum absolute atomic E-state index is 0.211. The van der Waals surface area contributed by atoms with E-state index in [1.807, 2.05) is 0 Å². The Labute approximate surface area is 174 Å². The van der Waals surface area contributed by atoms with E-state index in [1.54, 1.807) is 11.9 Å². The van der Waals surface area contributed by atoms with E-state index in [2.05, 4.69) is 15.9 Å². The van der Waals surface area contributed by atoms with Gasteiger partial charge in [-0.3, -0.25) is 4.79 Å². The number of aromatic nitrogens is 1. The van der Waals surface area contributed by atoms with Crippen molar-refractivity contribution in [2.45, 2.75) is 25.6 Å². The van der Waals surface area contributed by atoms with Gasteiger partial charge in [-0.05, 0) is 25.1 Å². The maximum atomic E-state index is 13.6. The lowest BCUT2D eigenvalue weighted by Gasteiger charge is -2.35. The fraction of sp³-hybridized carbons (Fsp3) is 0.263. The number of hydrogen-bond acceptors (Lipinski definition) is 5. The van der Waals surface area contributed by atoms with Crippen LogP contribution in [0.15, 0.2) is 47.9 Å². The summed E-state index contributed by atoms with van der Waals surface area (Å²) in [6.07, 6.45) is -2.95. The van der Waals surface area contributed by atoms with Crippen molar-refractivity contribution in [1.82, 2.24) is 20.8 Å². The number of halogens is 5. The van der Waals surface area contributed by atoms with Crippen molar-refractivity contribution in [3.63, 3.8) is 0 Å². The third kappa shape index (κ3) is 3.46. The monoisotopic (exact) mass is 441 g/mol. The maximum Gasteiger partial charge on any atom is 0.417 e. The van der Waals surface area contributed by atoms with Crippen LogP contribution >= 0.6 is 11.6 Å². The van der Waals surface area contributed by atoms with Crippen LogP contribution in [0.1, 0.15) is 29.3 Å². The zero-order valence-corrected chi connectivity index (χ0v) is 16.4. The topological polar surface area (TPSA) is 60.5 Å². The molecule has 3 heterocycles. The van der Waals surface area contributed by atoms with Gasteiger partial charge < -0.3 is 10.3 Å². The third-order valence-electron chi connectivity index (χ3n) is 5.09. The normalized spacial score (nSPS) is 19.1. The van der Waals surface area contributed by atoms with Crippen LogP contribution in [0.3, 0.4) is 0 Å². The molecule has 1 aromatic carbocycles. The van der Waals surface area contributed by atoms with Crippen LogP contribution in [0, 0.1) is 5.82 Å². The van der Waals surface area contributed by atoms with E-state index in [9.17, 15) is 22.4 Å². The smallest absolute Gasteiger partial charge is 0.330 e. The van der Waals surface area contributed by atoms with Gasteiger partial charge in [0.2, 0.25) is 0 Å². The number of pyridine rings is 1. The summed E-state index contributed by atoms with van der Waals surface area (Å²) in [6, 6.07) is 5.28. The van der Waals surface area contributed by atoms with Crippen LogP contribution in [0.5, 0.6) is 0 Å². The molecule has 0 spiro atoms. The predicted molar refractivity (Wildman–Crippen MR) is 102 cm³/mol. The van der Waals surface area contributed by atoms with Crippen molar-refractivity contribution < 1.29 is 22.4 Å². The molecule has 0 saturated carbocycles. The molecule has 30 heavy (non-hydrogen) atoms. The Morgan fingerprint density at radius 3 is 2.77 bits per heavy atom. The first kappa shape index (κ1) is 20.4. The van der Waals surface area contributed by atoms with Gasteiger partial charge in [-0.15, -0.1) is 5.53 Å². The molecule has 0 radical (unpaired) electrons. The Balaban J connectivity index is 1.62. The Morgan fingerprint density at radius 1 is 1.30 bits per heavy atom. The molecular weight excluding hydrogens is 426 g/mol. The number of anilines is 1. The zero-order valence-electron chi connectivity index (χ0n) is 15.6. The van der Waals surface area contributed by atoms with Crippen molar-refractivity contribution in [2.75, 3.05) is 11.6 Å². The molecule has 0 fully saturated rings. The number of rotatable bonds is 2. The van der Waals surface area contributed by atoms with Gasteiger partial charge in [0, 0.05) is 25.2 Å². The second-order valence-electron chi connectivity index (χ2n) is 6.85. The summed E-state index contributed by atoms with van der Waals surface area (Å²) >= 11 is 5.93. The van der Waals surface area contributed by atoms with Gasteiger partial charge in [0.05, 0.1) is 33.6 Å². The molecule has 1 aromatic heterocycles. The van der Waals surface area contributed by atoms with Gasteiger partial charge in [-0.2, -0.15) is 13.2 Å². The molecule has 1 unspecified atom stereocenters. The lowest BCUT2D eigenvalue weighted by molar-refractivity contribution is -0.137. The highest BCUT2D eigenvalue weighted by Gasteiger charge is 2.39. The van der Waals surface area contributed by atoms with Crippen molar-refractivity contribution in [3.05, 3.63) is 69.9 Å². The number of amides is 1. The highest BCUT2D eigenvalue weighted by molar-refractivity contribution is 6.34. The number of hydrogen-bond donors (Lipinski definition) is 2. The van der Waals surface area contributed by atoms with E-state index in [1.165, 1.54) is 29.3 Å². The fourth-order valence-electron chi connectivity index (χ4n) is 3.60. The van der Waals surface area contributed by atoms with Crippen LogP contribution in [-0.4, -0.2) is 28.4 Å². The summed E-state index contributed by atoms with van der Waals surface area (Å²) in [6.45, 7) is 1.98. The van der Waals surface area contributed by atoms with Crippen LogP contribution < -0.4 is 16.0 Å². The SMILES string of the molecule is CC1C2=C(CCN1C(=O)c1cccc(C(F)(F)F)c1Cl)N(c1cc(F)ccn1)NN2. The molecule has 2 aliphatic rings. The predicted octanol–water partition coefficient (Wildman–Crippen LogP) is 3.87. The third-order valence-corrected chi connectivity index (χ3v) is 5.50. The summed E-state index contributed by atoms with van der Waals surface area (Å²) in [7, 11) is 0. The molecule has 0 aliphatic carbocycles. The maximum absolute atomic E-state index is 13.6. The van der Waals surface area contributed by atoms with Gasteiger partial charge in [0.25, 0.3) is 5.91 Å².